The molecule has 1 atom stereocenters. The first-order chi connectivity index (χ1) is 6.89. The Bertz CT molecular complexity index is 269. The van der Waals surface area contributed by atoms with Crippen LogP contribution in [0, 0.1) is 17.3 Å². The van der Waals surface area contributed by atoms with Gasteiger partial charge in [0.15, 0.2) is 0 Å². The molecule has 0 aromatic carbocycles. The minimum Gasteiger partial charge on any atom is -0.481 e. The van der Waals surface area contributed by atoms with E-state index in [4.69, 9.17) is 5.11 Å². The molecule has 2 N–H and O–H groups in total. The Kier molecular flexibility index (Phi) is 3.37. The van der Waals surface area contributed by atoms with E-state index in [0.29, 0.717) is 12.8 Å². The molecule has 0 heterocycles. The zero-order valence-electron chi connectivity index (χ0n) is 9.54. The van der Waals surface area contributed by atoms with Gasteiger partial charge in [-0.3, -0.25) is 9.59 Å². The van der Waals surface area contributed by atoms with Crippen molar-refractivity contribution in [3.63, 3.8) is 0 Å². The molecule has 1 aliphatic rings. The lowest BCUT2D eigenvalue weighted by Gasteiger charge is -2.17. The van der Waals surface area contributed by atoms with Crippen LogP contribution in [0.25, 0.3) is 0 Å². The second kappa shape index (κ2) is 4.21. The molecule has 0 aromatic heterocycles. The van der Waals surface area contributed by atoms with Crippen LogP contribution < -0.4 is 5.32 Å². The number of hydrogen-bond acceptors (Lipinski definition) is 2. The van der Waals surface area contributed by atoms with Crippen LogP contribution in [0.2, 0.25) is 0 Å². The van der Waals surface area contributed by atoms with Crippen molar-refractivity contribution in [2.45, 2.75) is 33.6 Å². The van der Waals surface area contributed by atoms with Crippen molar-refractivity contribution in [3.05, 3.63) is 0 Å². The molecule has 4 nitrogen and oxygen atoms in total. The third kappa shape index (κ3) is 2.70. The molecule has 0 spiro atoms. The van der Waals surface area contributed by atoms with Crippen molar-refractivity contribution in [2.75, 3.05) is 6.54 Å². The standard InChI is InChI=1S/C11H19NO3/c1-7(2)8(3)9(13)12-6-11(4-5-11)10(14)15/h7-8H,4-6H2,1-3H3,(H,12,13)(H,14,15). The largest absolute Gasteiger partial charge is 0.481 e. The summed E-state index contributed by atoms with van der Waals surface area (Å²) in [6, 6.07) is 0. The zero-order chi connectivity index (χ0) is 11.6. The molecule has 0 radical (unpaired) electrons. The van der Waals surface area contributed by atoms with Crippen LogP contribution in [0.15, 0.2) is 0 Å². The summed E-state index contributed by atoms with van der Waals surface area (Å²) >= 11 is 0. The number of carbonyl (C=O) groups excluding carboxylic acids is 1. The Labute approximate surface area is 90.0 Å². The fourth-order valence-electron chi connectivity index (χ4n) is 1.34. The number of nitrogens with one attached hydrogen (secondary N) is 1. The Balaban J connectivity index is 2.38. The van der Waals surface area contributed by atoms with Crippen molar-refractivity contribution in [1.29, 1.82) is 0 Å². The van der Waals surface area contributed by atoms with Crippen LogP contribution in [-0.4, -0.2) is 23.5 Å². The van der Waals surface area contributed by atoms with Crippen LogP contribution in [0.3, 0.4) is 0 Å². The van der Waals surface area contributed by atoms with Crippen molar-refractivity contribution < 1.29 is 14.7 Å². The molecule has 1 fully saturated rings. The lowest BCUT2D eigenvalue weighted by atomic mass is 9.97. The molecule has 1 rings (SSSR count). The fourth-order valence-corrected chi connectivity index (χ4v) is 1.34. The quantitative estimate of drug-likeness (QED) is 0.722. The van der Waals surface area contributed by atoms with E-state index in [1.165, 1.54) is 0 Å². The first kappa shape index (κ1) is 12.0. The lowest BCUT2D eigenvalue weighted by molar-refractivity contribution is -0.143. The molecule has 86 valence electrons. The summed E-state index contributed by atoms with van der Waals surface area (Å²) in [5.74, 6) is -0.614. The summed E-state index contributed by atoms with van der Waals surface area (Å²) in [7, 11) is 0. The summed E-state index contributed by atoms with van der Waals surface area (Å²) < 4.78 is 0. The van der Waals surface area contributed by atoms with Crippen LogP contribution in [-0.2, 0) is 9.59 Å². The minimum atomic E-state index is -0.792. The molecular weight excluding hydrogens is 194 g/mol. The summed E-state index contributed by atoms with van der Waals surface area (Å²) in [5, 5.41) is 11.6. The minimum absolute atomic E-state index is 0.0440. The molecule has 1 aliphatic carbocycles. The first-order valence-electron chi connectivity index (χ1n) is 5.40. The van der Waals surface area contributed by atoms with Crippen LogP contribution in [0.1, 0.15) is 33.6 Å². The second-order valence-corrected chi connectivity index (χ2v) is 4.84. The SMILES string of the molecule is CC(C)C(C)C(=O)NCC1(C(=O)O)CC1. The zero-order valence-corrected chi connectivity index (χ0v) is 9.54. The predicted octanol–water partition coefficient (Wildman–Crippen LogP) is 1.26. The molecule has 1 unspecified atom stereocenters. The van der Waals surface area contributed by atoms with Gasteiger partial charge in [0.2, 0.25) is 5.91 Å². The van der Waals surface area contributed by atoms with Crippen LogP contribution in [0.5, 0.6) is 0 Å². The normalized spacial score (nSPS) is 19.7. The monoisotopic (exact) mass is 213 g/mol. The van der Waals surface area contributed by atoms with Gasteiger partial charge in [-0.1, -0.05) is 20.8 Å². The van der Waals surface area contributed by atoms with E-state index in [1.54, 1.807) is 0 Å². The van der Waals surface area contributed by atoms with E-state index < -0.39 is 11.4 Å². The van der Waals surface area contributed by atoms with Crippen molar-refractivity contribution in [2.24, 2.45) is 17.3 Å². The molecule has 0 bridgehead atoms. The molecule has 1 saturated carbocycles. The summed E-state index contributed by atoms with van der Waals surface area (Å²) in [5.41, 5.74) is -0.660. The van der Waals surface area contributed by atoms with Gasteiger partial charge < -0.3 is 10.4 Å². The van der Waals surface area contributed by atoms with Crippen molar-refractivity contribution >= 4 is 11.9 Å². The Morgan fingerprint density at radius 2 is 1.87 bits per heavy atom. The smallest absolute Gasteiger partial charge is 0.311 e. The number of carboxylic acids is 1. The molecule has 0 saturated heterocycles. The summed E-state index contributed by atoms with van der Waals surface area (Å²) in [6.07, 6.45) is 1.36. The van der Waals surface area contributed by atoms with Crippen molar-refractivity contribution in [3.8, 4) is 0 Å². The first-order valence-corrected chi connectivity index (χ1v) is 5.40. The van der Waals surface area contributed by atoms with Gasteiger partial charge in [0.25, 0.3) is 0 Å². The van der Waals surface area contributed by atoms with Crippen molar-refractivity contribution in [1.82, 2.24) is 5.32 Å². The molecular formula is C11H19NO3. The van der Waals surface area contributed by atoms with E-state index in [2.05, 4.69) is 5.32 Å². The van der Waals surface area contributed by atoms with E-state index in [-0.39, 0.29) is 24.3 Å². The van der Waals surface area contributed by atoms with Crippen LogP contribution in [0.4, 0.5) is 0 Å². The highest BCUT2D eigenvalue weighted by Gasteiger charge is 2.50. The summed E-state index contributed by atoms with van der Waals surface area (Å²) in [6.45, 7) is 6.10. The number of amides is 1. The molecule has 4 heteroatoms. The van der Waals surface area contributed by atoms with Gasteiger partial charge in [-0.15, -0.1) is 0 Å². The van der Waals surface area contributed by atoms with E-state index in [9.17, 15) is 9.59 Å². The third-order valence-corrected chi connectivity index (χ3v) is 3.32. The Morgan fingerprint density at radius 3 is 2.20 bits per heavy atom. The average molecular weight is 213 g/mol. The molecule has 1 amide bonds. The summed E-state index contributed by atoms with van der Waals surface area (Å²) in [4.78, 5) is 22.4. The maximum Gasteiger partial charge on any atom is 0.311 e. The predicted molar refractivity (Wildman–Crippen MR) is 56.3 cm³/mol. The van der Waals surface area contributed by atoms with E-state index in [0.717, 1.165) is 0 Å². The Morgan fingerprint density at radius 1 is 1.33 bits per heavy atom. The van der Waals surface area contributed by atoms with Gasteiger partial charge >= 0.3 is 5.97 Å². The van der Waals surface area contributed by atoms with Gasteiger partial charge in [0.05, 0.1) is 5.41 Å². The van der Waals surface area contributed by atoms with Gasteiger partial charge in [0, 0.05) is 12.5 Å². The third-order valence-electron chi connectivity index (χ3n) is 3.32. The maximum atomic E-state index is 11.6. The highest BCUT2D eigenvalue weighted by Crippen LogP contribution is 2.45. The van der Waals surface area contributed by atoms with Crippen LogP contribution >= 0.6 is 0 Å². The second-order valence-electron chi connectivity index (χ2n) is 4.84. The van der Waals surface area contributed by atoms with E-state index in [1.807, 2.05) is 20.8 Å². The Hall–Kier alpha value is -1.06. The molecule has 0 aromatic rings. The highest BCUT2D eigenvalue weighted by molar-refractivity contribution is 5.82. The molecule has 0 aliphatic heterocycles. The van der Waals surface area contributed by atoms with E-state index >= 15 is 0 Å². The van der Waals surface area contributed by atoms with Gasteiger partial charge in [0.1, 0.15) is 0 Å². The van der Waals surface area contributed by atoms with Gasteiger partial charge in [-0.25, -0.2) is 0 Å². The molecule has 15 heavy (non-hydrogen) atoms. The fraction of sp³-hybridized carbons (Fsp3) is 0.818. The number of rotatable bonds is 5. The maximum absolute atomic E-state index is 11.6. The lowest BCUT2D eigenvalue weighted by Crippen LogP contribution is -2.38. The average Bonchev–Trinajstić information content (AvgIpc) is 2.93. The topological polar surface area (TPSA) is 66.4 Å². The number of carbonyl (C=O) groups is 2. The number of carboxylic acid groups (broad SMARTS) is 1. The highest BCUT2D eigenvalue weighted by atomic mass is 16.4. The van der Waals surface area contributed by atoms with Gasteiger partial charge in [-0.05, 0) is 18.8 Å². The van der Waals surface area contributed by atoms with Gasteiger partial charge in [-0.2, -0.15) is 0 Å². The number of hydrogen-bond donors (Lipinski definition) is 2. The number of aliphatic carboxylic acids is 1.